The van der Waals surface area contributed by atoms with E-state index in [9.17, 15) is 0 Å². The second-order valence-electron chi connectivity index (χ2n) is 4.92. The minimum Gasteiger partial charge on any atom is -0.384 e. The number of hydrogen-bond acceptors (Lipinski definition) is 2. The van der Waals surface area contributed by atoms with Crippen molar-refractivity contribution in [2.75, 3.05) is 11.9 Å². The largest absolute Gasteiger partial charge is 0.384 e. The molecule has 1 unspecified atom stereocenters. The van der Waals surface area contributed by atoms with E-state index >= 15 is 0 Å². The molecular weight excluding hydrogens is 222 g/mol. The number of anilines is 1. The Hall–Kier alpha value is -1.77. The van der Waals surface area contributed by atoms with E-state index in [1.807, 2.05) is 6.20 Å². The number of nitrogens with zero attached hydrogens (tertiary/aromatic N) is 2. The van der Waals surface area contributed by atoms with Gasteiger partial charge in [0.05, 0.1) is 0 Å². The second kappa shape index (κ2) is 4.84. The van der Waals surface area contributed by atoms with Crippen LogP contribution in [0, 0.1) is 0 Å². The van der Waals surface area contributed by atoms with Crippen molar-refractivity contribution < 1.29 is 0 Å². The van der Waals surface area contributed by atoms with Crippen molar-refractivity contribution >= 4 is 5.69 Å². The quantitative estimate of drug-likeness (QED) is 0.895. The topological polar surface area (TPSA) is 29.9 Å². The summed E-state index contributed by atoms with van der Waals surface area (Å²) < 4.78 is 2.29. The summed E-state index contributed by atoms with van der Waals surface area (Å²) in [5, 5.41) is 3.52. The average molecular weight is 241 g/mol. The number of hydrogen-bond donors (Lipinski definition) is 1. The molecule has 1 aliphatic heterocycles. The maximum atomic E-state index is 4.55. The Morgan fingerprint density at radius 3 is 3.17 bits per heavy atom. The smallest absolute Gasteiger partial charge is 0.113 e. The summed E-state index contributed by atoms with van der Waals surface area (Å²) >= 11 is 0. The molecule has 0 spiro atoms. The van der Waals surface area contributed by atoms with Gasteiger partial charge in [-0.05, 0) is 24.5 Å². The molecule has 0 fully saturated rings. The predicted octanol–water partition coefficient (Wildman–Crippen LogP) is 3.04. The number of para-hydroxylation sites is 1. The van der Waals surface area contributed by atoms with Crippen LogP contribution in [0.4, 0.5) is 5.69 Å². The van der Waals surface area contributed by atoms with Crippen LogP contribution < -0.4 is 5.32 Å². The monoisotopic (exact) mass is 241 g/mol. The lowest BCUT2D eigenvalue weighted by molar-refractivity contribution is 0.568. The Morgan fingerprint density at radius 2 is 2.28 bits per heavy atom. The van der Waals surface area contributed by atoms with Gasteiger partial charge in [-0.25, -0.2) is 4.98 Å². The maximum Gasteiger partial charge on any atom is 0.113 e. The van der Waals surface area contributed by atoms with Gasteiger partial charge >= 0.3 is 0 Å². The highest BCUT2D eigenvalue weighted by Crippen LogP contribution is 2.29. The number of benzene rings is 1. The van der Waals surface area contributed by atoms with Crippen molar-refractivity contribution in [1.29, 1.82) is 0 Å². The Kier molecular flexibility index (Phi) is 3.05. The Bertz CT molecular complexity index is 530. The zero-order chi connectivity index (χ0) is 12.4. The first kappa shape index (κ1) is 11.3. The molecule has 18 heavy (non-hydrogen) atoms. The predicted molar refractivity (Wildman–Crippen MR) is 73.9 cm³/mol. The van der Waals surface area contributed by atoms with Gasteiger partial charge in [0.25, 0.3) is 0 Å². The molecule has 0 amide bonds. The normalized spacial score (nSPS) is 18.2. The van der Waals surface area contributed by atoms with Crippen LogP contribution in [-0.2, 0) is 13.0 Å². The SMILES string of the molecule is CCCn1ccnc1C1CNc2ccccc2C1. The zero-order valence-electron chi connectivity index (χ0n) is 10.8. The van der Waals surface area contributed by atoms with Crippen molar-refractivity contribution in [3.63, 3.8) is 0 Å². The average Bonchev–Trinajstić information content (AvgIpc) is 2.87. The van der Waals surface area contributed by atoms with Crippen molar-refractivity contribution in [2.24, 2.45) is 0 Å². The second-order valence-corrected chi connectivity index (χ2v) is 4.92. The molecule has 3 nitrogen and oxygen atoms in total. The molecule has 0 saturated carbocycles. The van der Waals surface area contributed by atoms with Gasteiger partial charge in [0.15, 0.2) is 0 Å². The molecule has 1 atom stereocenters. The first-order valence-electron chi connectivity index (χ1n) is 6.71. The number of fused-ring (bicyclic) bond motifs is 1. The molecule has 1 aromatic heterocycles. The van der Waals surface area contributed by atoms with E-state index in [1.54, 1.807) is 0 Å². The maximum absolute atomic E-state index is 4.55. The lowest BCUT2D eigenvalue weighted by Gasteiger charge is -2.26. The van der Waals surface area contributed by atoms with Crippen LogP contribution in [0.1, 0.15) is 30.7 Å². The molecular formula is C15H19N3. The van der Waals surface area contributed by atoms with Gasteiger partial charge < -0.3 is 9.88 Å². The summed E-state index contributed by atoms with van der Waals surface area (Å²) in [4.78, 5) is 4.55. The fourth-order valence-electron chi connectivity index (χ4n) is 2.73. The highest BCUT2D eigenvalue weighted by atomic mass is 15.1. The Balaban J connectivity index is 1.85. The summed E-state index contributed by atoms with van der Waals surface area (Å²) in [6, 6.07) is 8.57. The lowest BCUT2D eigenvalue weighted by Crippen LogP contribution is -2.24. The van der Waals surface area contributed by atoms with Crippen LogP contribution in [0.3, 0.4) is 0 Å². The van der Waals surface area contributed by atoms with Crippen LogP contribution in [0.25, 0.3) is 0 Å². The minimum absolute atomic E-state index is 0.487. The van der Waals surface area contributed by atoms with Crippen molar-refractivity contribution in [3.05, 3.63) is 48.0 Å². The number of aromatic nitrogens is 2. The molecule has 94 valence electrons. The highest BCUT2D eigenvalue weighted by molar-refractivity contribution is 5.54. The van der Waals surface area contributed by atoms with Crippen molar-refractivity contribution in [1.82, 2.24) is 9.55 Å². The van der Waals surface area contributed by atoms with E-state index in [4.69, 9.17) is 0 Å². The van der Waals surface area contributed by atoms with Gasteiger partial charge in [0.2, 0.25) is 0 Å². The third-order valence-electron chi connectivity index (χ3n) is 3.60. The summed E-state index contributed by atoms with van der Waals surface area (Å²) in [6.45, 7) is 4.25. The standard InChI is InChI=1S/C15H19N3/c1-2-8-18-9-7-16-15(18)13-10-12-5-3-4-6-14(12)17-11-13/h3-7,9,13,17H,2,8,10-11H2,1H3. The summed E-state index contributed by atoms with van der Waals surface area (Å²) in [5.74, 6) is 1.71. The zero-order valence-corrected chi connectivity index (χ0v) is 10.8. The molecule has 0 bridgehead atoms. The van der Waals surface area contributed by atoms with Crippen LogP contribution in [0.2, 0.25) is 0 Å². The first-order valence-corrected chi connectivity index (χ1v) is 6.71. The van der Waals surface area contributed by atoms with Crippen molar-refractivity contribution in [3.8, 4) is 0 Å². The van der Waals surface area contributed by atoms with E-state index in [0.717, 1.165) is 25.9 Å². The van der Waals surface area contributed by atoms with E-state index in [-0.39, 0.29) is 0 Å². The molecule has 1 N–H and O–H groups in total. The van der Waals surface area contributed by atoms with Gasteiger partial charge in [-0.1, -0.05) is 25.1 Å². The van der Waals surface area contributed by atoms with Crippen LogP contribution in [-0.4, -0.2) is 16.1 Å². The molecule has 0 saturated heterocycles. The third kappa shape index (κ3) is 2.01. The number of nitrogens with one attached hydrogen (secondary N) is 1. The molecule has 0 radical (unpaired) electrons. The molecule has 1 aliphatic rings. The lowest BCUT2D eigenvalue weighted by atomic mass is 9.93. The Morgan fingerprint density at radius 1 is 1.39 bits per heavy atom. The third-order valence-corrected chi connectivity index (χ3v) is 3.60. The van der Waals surface area contributed by atoms with Gasteiger partial charge in [-0.2, -0.15) is 0 Å². The number of rotatable bonds is 3. The molecule has 2 heterocycles. The van der Waals surface area contributed by atoms with Crippen LogP contribution in [0.15, 0.2) is 36.7 Å². The summed E-state index contributed by atoms with van der Waals surface area (Å²) in [7, 11) is 0. The molecule has 0 aliphatic carbocycles. The van der Waals surface area contributed by atoms with E-state index in [0.29, 0.717) is 5.92 Å². The number of aryl methyl sites for hydroxylation is 1. The van der Waals surface area contributed by atoms with Gasteiger partial charge in [-0.3, -0.25) is 0 Å². The van der Waals surface area contributed by atoms with E-state index in [2.05, 4.69) is 52.3 Å². The van der Waals surface area contributed by atoms with Crippen LogP contribution in [0.5, 0.6) is 0 Å². The fraction of sp³-hybridized carbons (Fsp3) is 0.400. The Labute approximate surface area is 108 Å². The molecule has 2 aromatic rings. The molecule has 1 aromatic carbocycles. The highest BCUT2D eigenvalue weighted by Gasteiger charge is 2.22. The molecule has 3 rings (SSSR count). The van der Waals surface area contributed by atoms with Crippen molar-refractivity contribution in [2.45, 2.75) is 32.2 Å². The summed E-state index contributed by atoms with van der Waals surface area (Å²) in [6.07, 6.45) is 6.26. The number of imidazole rings is 1. The van der Waals surface area contributed by atoms with Gasteiger partial charge in [0.1, 0.15) is 5.82 Å². The fourth-order valence-corrected chi connectivity index (χ4v) is 2.73. The molecule has 3 heteroatoms. The first-order chi connectivity index (χ1) is 8.88. The van der Waals surface area contributed by atoms with E-state index in [1.165, 1.54) is 17.1 Å². The van der Waals surface area contributed by atoms with Crippen LogP contribution >= 0.6 is 0 Å². The van der Waals surface area contributed by atoms with E-state index < -0.39 is 0 Å². The summed E-state index contributed by atoms with van der Waals surface area (Å²) in [5.41, 5.74) is 2.68. The van der Waals surface area contributed by atoms with Gasteiger partial charge in [-0.15, -0.1) is 0 Å². The minimum atomic E-state index is 0.487. The van der Waals surface area contributed by atoms with Gasteiger partial charge in [0, 0.05) is 37.1 Å².